The van der Waals surface area contributed by atoms with E-state index in [0.717, 1.165) is 10.3 Å². The molecule has 1 aromatic heterocycles. The molecule has 100 valence electrons. The van der Waals surface area contributed by atoms with E-state index in [1.807, 2.05) is 6.07 Å². The van der Waals surface area contributed by atoms with E-state index >= 15 is 0 Å². The SMILES string of the molecule is CC(CC1CCCCCN1)Nc1cccnc1Br. The second kappa shape index (κ2) is 7.10. The number of nitrogens with zero attached hydrogens (tertiary/aromatic N) is 1. The lowest BCUT2D eigenvalue weighted by Gasteiger charge is -2.22. The molecule has 2 atom stereocenters. The standard InChI is InChI=1S/C14H22BrN3/c1-11(10-12-6-3-2-4-8-16-12)18-13-7-5-9-17-14(13)15/h5,7,9,11-12,16,18H,2-4,6,8,10H2,1H3. The summed E-state index contributed by atoms with van der Waals surface area (Å²) in [5, 5.41) is 7.17. The van der Waals surface area contributed by atoms with E-state index in [-0.39, 0.29) is 0 Å². The summed E-state index contributed by atoms with van der Waals surface area (Å²) in [5.41, 5.74) is 1.08. The third-order valence-corrected chi connectivity index (χ3v) is 4.09. The summed E-state index contributed by atoms with van der Waals surface area (Å²) in [7, 11) is 0. The minimum Gasteiger partial charge on any atom is -0.380 e. The van der Waals surface area contributed by atoms with Gasteiger partial charge in [0.05, 0.1) is 5.69 Å². The second-order valence-corrected chi connectivity index (χ2v) is 5.87. The Morgan fingerprint density at radius 1 is 1.50 bits per heavy atom. The number of anilines is 1. The lowest BCUT2D eigenvalue weighted by molar-refractivity contribution is 0.456. The van der Waals surface area contributed by atoms with Crippen LogP contribution in [0, 0.1) is 0 Å². The van der Waals surface area contributed by atoms with Crippen molar-refractivity contribution in [1.82, 2.24) is 10.3 Å². The number of hydrogen-bond donors (Lipinski definition) is 2. The molecule has 3 nitrogen and oxygen atoms in total. The van der Waals surface area contributed by atoms with Gasteiger partial charge in [-0.15, -0.1) is 0 Å². The maximum absolute atomic E-state index is 4.23. The average Bonchev–Trinajstić information content (AvgIpc) is 2.61. The van der Waals surface area contributed by atoms with E-state index in [1.165, 1.54) is 38.6 Å². The van der Waals surface area contributed by atoms with E-state index in [4.69, 9.17) is 0 Å². The van der Waals surface area contributed by atoms with Crippen molar-refractivity contribution in [1.29, 1.82) is 0 Å². The van der Waals surface area contributed by atoms with Crippen LogP contribution in [-0.2, 0) is 0 Å². The Morgan fingerprint density at radius 2 is 2.39 bits per heavy atom. The maximum atomic E-state index is 4.23. The number of aromatic nitrogens is 1. The second-order valence-electron chi connectivity index (χ2n) is 5.12. The van der Waals surface area contributed by atoms with E-state index in [1.54, 1.807) is 6.20 Å². The average molecular weight is 312 g/mol. The fraction of sp³-hybridized carbons (Fsp3) is 0.643. The van der Waals surface area contributed by atoms with Crippen LogP contribution in [0.2, 0.25) is 0 Å². The Labute approximate surface area is 118 Å². The van der Waals surface area contributed by atoms with E-state index < -0.39 is 0 Å². The van der Waals surface area contributed by atoms with E-state index in [9.17, 15) is 0 Å². The molecule has 2 N–H and O–H groups in total. The number of rotatable bonds is 4. The molecule has 0 saturated carbocycles. The summed E-state index contributed by atoms with van der Waals surface area (Å²) in [6.07, 6.45) is 8.33. The summed E-state index contributed by atoms with van der Waals surface area (Å²) in [5.74, 6) is 0. The monoisotopic (exact) mass is 311 g/mol. The highest BCUT2D eigenvalue weighted by atomic mass is 79.9. The number of halogens is 1. The van der Waals surface area contributed by atoms with Crippen LogP contribution in [-0.4, -0.2) is 23.6 Å². The molecule has 0 bridgehead atoms. The van der Waals surface area contributed by atoms with Crippen LogP contribution >= 0.6 is 15.9 Å². The molecule has 0 spiro atoms. The van der Waals surface area contributed by atoms with Gasteiger partial charge in [0.25, 0.3) is 0 Å². The molecule has 0 amide bonds. The van der Waals surface area contributed by atoms with E-state index in [2.05, 4.69) is 44.5 Å². The fourth-order valence-corrected chi connectivity index (χ4v) is 2.91. The third-order valence-electron chi connectivity index (χ3n) is 3.46. The van der Waals surface area contributed by atoms with Crippen molar-refractivity contribution in [2.45, 2.75) is 51.1 Å². The van der Waals surface area contributed by atoms with Gasteiger partial charge in [-0.1, -0.05) is 12.8 Å². The highest BCUT2D eigenvalue weighted by Crippen LogP contribution is 2.21. The summed E-state index contributed by atoms with van der Waals surface area (Å²) in [4.78, 5) is 4.23. The number of pyridine rings is 1. The van der Waals surface area contributed by atoms with Crippen molar-refractivity contribution in [2.75, 3.05) is 11.9 Å². The normalized spacial score (nSPS) is 22.2. The van der Waals surface area contributed by atoms with Gasteiger partial charge in [-0.25, -0.2) is 4.98 Å². The zero-order chi connectivity index (χ0) is 12.8. The Morgan fingerprint density at radius 3 is 3.22 bits per heavy atom. The lowest BCUT2D eigenvalue weighted by Crippen LogP contribution is -2.33. The first-order chi connectivity index (χ1) is 8.75. The number of nitrogens with one attached hydrogen (secondary N) is 2. The van der Waals surface area contributed by atoms with Gasteiger partial charge < -0.3 is 10.6 Å². The highest BCUT2D eigenvalue weighted by molar-refractivity contribution is 9.10. The van der Waals surface area contributed by atoms with Gasteiger partial charge in [-0.3, -0.25) is 0 Å². The first-order valence-electron chi connectivity index (χ1n) is 6.86. The molecule has 0 aromatic carbocycles. The lowest BCUT2D eigenvalue weighted by atomic mass is 10.0. The Bertz CT molecular complexity index is 362. The Hall–Kier alpha value is -0.610. The van der Waals surface area contributed by atoms with Crippen LogP contribution in [0.15, 0.2) is 22.9 Å². The molecule has 1 aromatic rings. The first kappa shape index (κ1) is 13.8. The van der Waals surface area contributed by atoms with Gasteiger partial charge in [0.1, 0.15) is 4.60 Å². The minimum absolute atomic E-state index is 0.459. The molecule has 2 heterocycles. The molecule has 1 aliphatic heterocycles. The summed E-state index contributed by atoms with van der Waals surface area (Å²) in [6, 6.07) is 5.14. The first-order valence-corrected chi connectivity index (χ1v) is 7.65. The van der Waals surface area contributed by atoms with Gasteiger partial charge in [-0.05, 0) is 60.8 Å². The highest BCUT2D eigenvalue weighted by Gasteiger charge is 2.15. The predicted octanol–water partition coefficient (Wildman–Crippen LogP) is 3.57. The fourth-order valence-electron chi connectivity index (χ4n) is 2.55. The molecule has 1 fully saturated rings. The third kappa shape index (κ3) is 4.25. The summed E-state index contributed by atoms with van der Waals surface area (Å²) in [6.45, 7) is 3.42. The topological polar surface area (TPSA) is 37.0 Å². The molecule has 18 heavy (non-hydrogen) atoms. The van der Waals surface area contributed by atoms with Gasteiger partial charge in [0.15, 0.2) is 0 Å². The summed E-state index contributed by atoms with van der Waals surface area (Å²) >= 11 is 3.47. The van der Waals surface area contributed by atoms with E-state index in [0.29, 0.717) is 12.1 Å². The van der Waals surface area contributed by atoms with Crippen molar-refractivity contribution in [3.8, 4) is 0 Å². The van der Waals surface area contributed by atoms with Gasteiger partial charge in [0.2, 0.25) is 0 Å². The van der Waals surface area contributed by atoms with Crippen LogP contribution in [0.25, 0.3) is 0 Å². The smallest absolute Gasteiger partial charge is 0.129 e. The molecule has 1 aliphatic rings. The van der Waals surface area contributed by atoms with Crippen LogP contribution in [0.1, 0.15) is 39.0 Å². The van der Waals surface area contributed by atoms with Crippen molar-refractivity contribution < 1.29 is 0 Å². The van der Waals surface area contributed by atoms with Crippen LogP contribution in [0.5, 0.6) is 0 Å². The van der Waals surface area contributed by atoms with Crippen molar-refractivity contribution in [3.05, 3.63) is 22.9 Å². The van der Waals surface area contributed by atoms with Gasteiger partial charge >= 0.3 is 0 Å². The van der Waals surface area contributed by atoms with Gasteiger partial charge in [-0.2, -0.15) is 0 Å². The van der Waals surface area contributed by atoms with Crippen molar-refractivity contribution in [3.63, 3.8) is 0 Å². The molecule has 0 radical (unpaired) electrons. The van der Waals surface area contributed by atoms with Crippen LogP contribution in [0.4, 0.5) is 5.69 Å². The molecule has 2 rings (SSSR count). The van der Waals surface area contributed by atoms with Crippen molar-refractivity contribution >= 4 is 21.6 Å². The van der Waals surface area contributed by atoms with Gasteiger partial charge in [0, 0.05) is 18.3 Å². The zero-order valence-electron chi connectivity index (χ0n) is 11.0. The molecule has 4 heteroatoms. The maximum Gasteiger partial charge on any atom is 0.129 e. The molecular formula is C14H22BrN3. The Kier molecular flexibility index (Phi) is 5.45. The molecule has 2 unspecified atom stereocenters. The molecule has 0 aliphatic carbocycles. The van der Waals surface area contributed by atoms with Crippen LogP contribution < -0.4 is 10.6 Å². The Balaban J connectivity index is 1.84. The van der Waals surface area contributed by atoms with Crippen LogP contribution in [0.3, 0.4) is 0 Å². The molecule has 1 saturated heterocycles. The minimum atomic E-state index is 0.459. The number of hydrogen-bond acceptors (Lipinski definition) is 3. The molecular weight excluding hydrogens is 290 g/mol. The van der Waals surface area contributed by atoms with Crippen molar-refractivity contribution in [2.24, 2.45) is 0 Å². The summed E-state index contributed by atoms with van der Waals surface area (Å²) < 4.78 is 0.894. The largest absolute Gasteiger partial charge is 0.380 e. The zero-order valence-corrected chi connectivity index (χ0v) is 12.5. The predicted molar refractivity (Wildman–Crippen MR) is 79.9 cm³/mol. The quantitative estimate of drug-likeness (QED) is 0.835.